The van der Waals surface area contributed by atoms with Gasteiger partial charge in [0, 0.05) is 12.2 Å². The monoisotopic (exact) mass is 177 g/mol. The van der Waals surface area contributed by atoms with Gasteiger partial charge in [-0.15, -0.1) is 0 Å². The zero-order valence-corrected chi connectivity index (χ0v) is 6.78. The fraction of sp³-hybridized carbons (Fsp3) is 0.375. The molecule has 1 aliphatic carbocycles. The highest BCUT2D eigenvalue weighted by atomic mass is 16.2. The van der Waals surface area contributed by atoms with Gasteiger partial charge in [0.05, 0.1) is 0 Å². The molecular formula is C8H7N3O2. The van der Waals surface area contributed by atoms with E-state index >= 15 is 0 Å². The SMILES string of the molecule is N#Cc1cn(C2CC2)c(=O)[nH]c1=O. The average molecular weight is 177 g/mol. The topological polar surface area (TPSA) is 78.7 Å². The highest BCUT2D eigenvalue weighted by molar-refractivity contribution is 5.22. The van der Waals surface area contributed by atoms with E-state index in [-0.39, 0.29) is 11.6 Å². The minimum atomic E-state index is -0.607. The Morgan fingerprint density at radius 3 is 2.77 bits per heavy atom. The molecule has 1 heterocycles. The van der Waals surface area contributed by atoms with Crippen LogP contribution < -0.4 is 11.2 Å². The molecule has 0 radical (unpaired) electrons. The van der Waals surface area contributed by atoms with E-state index in [1.165, 1.54) is 10.8 Å². The predicted octanol–water partition coefficient (Wildman–Crippen LogP) is -0.257. The Morgan fingerprint density at radius 1 is 1.54 bits per heavy atom. The van der Waals surface area contributed by atoms with Crippen molar-refractivity contribution in [2.75, 3.05) is 0 Å². The molecule has 0 bridgehead atoms. The predicted molar refractivity (Wildman–Crippen MR) is 44.3 cm³/mol. The molecule has 5 heteroatoms. The largest absolute Gasteiger partial charge is 0.328 e. The van der Waals surface area contributed by atoms with E-state index in [9.17, 15) is 9.59 Å². The fourth-order valence-corrected chi connectivity index (χ4v) is 1.19. The van der Waals surface area contributed by atoms with Crippen molar-refractivity contribution in [1.29, 1.82) is 5.26 Å². The second-order valence-electron chi connectivity index (χ2n) is 3.05. The zero-order valence-electron chi connectivity index (χ0n) is 6.78. The summed E-state index contributed by atoms with van der Waals surface area (Å²) < 4.78 is 1.42. The number of hydrogen-bond donors (Lipinski definition) is 1. The Hall–Kier alpha value is -1.83. The van der Waals surface area contributed by atoms with Crippen LogP contribution in [0, 0.1) is 11.3 Å². The normalized spacial score (nSPS) is 15.3. The molecule has 1 aromatic rings. The van der Waals surface area contributed by atoms with Crippen LogP contribution in [0.3, 0.4) is 0 Å². The Bertz CT molecular complexity index is 487. The molecular weight excluding hydrogens is 170 g/mol. The van der Waals surface area contributed by atoms with Crippen molar-refractivity contribution >= 4 is 0 Å². The fourth-order valence-electron chi connectivity index (χ4n) is 1.19. The molecule has 0 saturated heterocycles. The van der Waals surface area contributed by atoms with Crippen LogP contribution in [-0.4, -0.2) is 9.55 Å². The van der Waals surface area contributed by atoms with Gasteiger partial charge in [0.1, 0.15) is 11.6 Å². The maximum absolute atomic E-state index is 11.2. The van der Waals surface area contributed by atoms with Crippen LogP contribution >= 0.6 is 0 Å². The maximum Gasteiger partial charge on any atom is 0.328 e. The molecule has 0 spiro atoms. The number of nitrogens with one attached hydrogen (secondary N) is 1. The summed E-state index contributed by atoms with van der Waals surface area (Å²) in [6.45, 7) is 0. The Balaban J connectivity index is 2.65. The van der Waals surface area contributed by atoms with Gasteiger partial charge in [-0.2, -0.15) is 5.26 Å². The smallest absolute Gasteiger partial charge is 0.296 e. The minimum Gasteiger partial charge on any atom is -0.296 e. The summed E-state index contributed by atoms with van der Waals surface area (Å²) in [5.74, 6) is 0. The number of H-pyrrole nitrogens is 1. The highest BCUT2D eigenvalue weighted by Gasteiger charge is 2.25. The third-order valence-electron chi connectivity index (χ3n) is 2.03. The first kappa shape index (κ1) is 7.80. The summed E-state index contributed by atoms with van der Waals surface area (Å²) in [6.07, 6.45) is 3.21. The van der Waals surface area contributed by atoms with E-state index < -0.39 is 11.2 Å². The summed E-state index contributed by atoms with van der Waals surface area (Å²) in [5, 5.41) is 8.55. The third-order valence-corrected chi connectivity index (χ3v) is 2.03. The molecule has 66 valence electrons. The molecule has 0 unspecified atom stereocenters. The quantitative estimate of drug-likeness (QED) is 0.642. The van der Waals surface area contributed by atoms with Gasteiger partial charge in [-0.3, -0.25) is 14.3 Å². The number of aromatic amines is 1. The van der Waals surface area contributed by atoms with Crippen molar-refractivity contribution in [3.8, 4) is 6.07 Å². The molecule has 5 nitrogen and oxygen atoms in total. The zero-order chi connectivity index (χ0) is 9.42. The lowest BCUT2D eigenvalue weighted by molar-refractivity contribution is 0.673. The number of rotatable bonds is 1. The van der Waals surface area contributed by atoms with Crippen molar-refractivity contribution in [3.05, 3.63) is 32.6 Å². The molecule has 1 N–H and O–H groups in total. The molecule has 13 heavy (non-hydrogen) atoms. The van der Waals surface area contributed by atoms with Crippen molar-refractivity contribution in [3.63, 3.8) is 0 Å². The van der Waals surface area contributed by atoms with Crippen LogP contribution in [0.2, 0.25) is 0 Å². The second kappa shape index (κ2) is 2.59. The summed E-state index contributed by atoms with van der Waals surface area (Å²) >= 11 is 0. The Kier molecular flexibility index (Phi) is 1.55. The van der Waals surface area contributed by atoms with Crippen molar-refractivity contribution < 1.29 is 0 Å². The molecule has 1 aromatic heterocycles. The van der Waals surface area contributed by atoms with Gasteiger partial charge in [0.2, 0.25) is 0 Å². The molecule has 2 rings (SSSR count). The van der Waals surface area contributed by atoms with Crippen LogP contribution in [0.15, 0.2) is 15.8 Å². The van der Waals surface area contributed by atoms with E-state index in [1.54, 1.807) is 6.07 Å². The standard InChI is InChI=1S/C8H7N3O2/c9-3-5-4-11(6-1-2-6)8(13)10-7(5)12/h4,6H,1-2H2,(H,10,12,13). The molecule has 0 aromatic carbocycles. The van der Waals surface area contributed by atoms with E-state index in [1.807, 2.05) is 0 Å². The van der Waals surface area contributed by atoms with E-state index in [2.05, 4.69) is 4.98 Å². The lowest BCUT2D eigenvalue weighted by atomic mass is 10.4. The Labute approximate surface area is 73.3 Å². The van der Waals surface area contributed by atoms with Gasteiger partial charge in [0.15, 0.2) is 0 Å². The number of nitriles is 1. The Morgan fingerprint density at radius 2 is 2.23 bits per heavy atom. The van der Waals surface area contributed by atoms with Gasteiger partial charge >= 0.3 is 5.69 Å². The van der Waals surface area contributed by atoms with Crippen LogP contribution in [0.4, 0.5) is 0 Å². The molecule has 1 aliphatic rings. The van der Waals surface area contributed by atoms with Crippen LogP contribution in [0.25, 0.3) is 0 Å². The van der Waals surface area contributed by atoms with Gasteiger partial charge in [-0.05, 0) is 12.8 Å². The van der Waals surface area contributed by atoms with Gasteiger partial charge < -0.3 is 0 Å². The van der Waals surface area contributed by atoms with Gasteiger partial charge in [-0.25, -0.2) is 4.79 Å². The third kappa shape index (κ3) is 1.26. The van der Waals surface area contributed by atoms with Crippen molar-refractivity contribution in [1.82, 2.24) is 9.55 Å². The molecule has 1 saturated carbocycles. The first-order valence-corrected chi connectivity index (χ1v) is 3.98. The van der Waals surface area contributed by atoms with E-state index in [4.69, 9.17) is 5.26 Å². The molecule has 0 atom stereocenters. The van der Waals surface area contributed by atoms with E-state index in [0.29, 0.717) is 0 Å². The summed E-state index contributed by atoms with van der Waals surface area (Å²) in [6, 6.07) is 1.92. The number of hydrogen-bond acceptors (Lipinski definition) is 3. The summed E-state index contributed by atoms with van der Waals surface area (Å²) in [5.41, 5.74) is -1.04. The first-order valence-electron chi connectivity index (χ1n) is 3.98. The molecule has 0 amide bonds. The first-order chi connectivity index (χ1) is 6.22. The summed E-state index contributed by atoms with van der Waals surface area (Å²) in [4.78, 5) is 24.3. The summed E-state index contributed by atoms with van der Waals surface area (Å²) in [7, 11) is 0. The number of aromatic nitrogens is 2. The molecule has 1 fully saturated rings. The van der Waals surface area contributed by atoms with E-state index in [0.717, 1.165) is 12.8 Å². The lowest BCUT2D eigenvalue weighted by Gasteiger charge is -2.00. The van der Waals surface area contributed by atoms with Crippen LogP contribution in [-0.2, 0) is 0 Å². The van der Waals surface area contributed by atoms with Crippen molar-refractivity contribution in [2.45, 2.75) is 18.9 Å². The lowest BCUT2D eigenvalue weighted by Crippen LogP contribution is -2.30. The number of nitrogens with zero attached hydrogens (tertiary/aromatic N) is 2. The van der Waals surface area contributed by atoms with Gasteiger partial charge in [-0.1, -0.05) is 0 Å². The average Bonchev–Trinajstić information content (AvgIpc) is 2.88. The van der Waals surface area contributed by atoms with Crippen LogP contribution in [0.5, 0.6) is 0 Å². The minimum absolute atomic E-state index is 0.00787. The molecule has 0 aliphatic heterocycles. The highest BCUT2D eigenvalue weighted by Crippen LogP contribution is 2.32. The maximum atomic E-state index is 11.2. The second-order valence-corrected chi connectivity index (χ2v) is 3.05. The van der Waals surface area contributed by atoms with Crippen LogP contribution in [0.1, 0.15) is 24.4 Å². The van der Waals surface area contributed by atoms with Crippen molar-refractivity contribution in [2.24, 2.45) is 0 Å². The van der Waals surface area contributed by atoms with Gasteiger partial charge in [0.25, 0.3) is 5.56 Å².